The molecule has 0 unspecified atom stereocenters. The molecule has 2 rings (SSSR count). The maximum atomic E-state index is 10.9. The summed E-state index contributed by atoms with van der Waals surface area (Å²) < 4.78 is 1.56. The van der Waals surface area contributed by atoms with Gasteiger partial charge in [-0.25, -0.2) is 4.98 Å². The van der Waals surface area contributed by atoms with Crippen molar-refractivity contribution in [1.82, 2.24) is 9.38 Å². The summed E-state index contributed by atoms with van der Waals surface area (Å²) in [6.07, 6.45) is 3.03. The minimum absolute atomic E-state index is 0.331. The molecule has 0 atom stereocenters. The Balaban J connectivity index is 2.79. The standard InChI is InChI=1S/C8H6ClN3O/c9-5-1-2-7-11-3-6(8(10)13)12(7)4-5/h1-4H,(H2,10,13). The Morgan fingerprint density at radius 3 is 3.00 bits per heavy atom. The second-order valence-corrected chi connectivity index (χ2v) is 3.02. The van der Waals surface area contributed by atoms with Crippen molar-refractivity contribution < 1.29 is 4.79 Å². The van der Waals surface area contributed by atoms with Crippen molar-refractivity contribution in [1.29, 1.82) is 0 Å². The second kappa shape index (κ2) is 2.74. The first-order valence-corrected chi connectivity index (χ1v) is 3.98. The molecule has 5 heteroatoms. The number of hydrogen-bond donors (Lipinski definition) is 1. The quantitative estimate of drug-likeness (QED) is 0.741. The molecule has 0 aromatic carbocycles. The van der Waals surface area contributed by atoms with Gasteiger partial charge in [0.2, 0.25) is 0 Å². The molecular weight excluding hydrogens is 190 g/mol. The molecule has 0 spiro atoms. The van der Waals surface area contributed by atoms with Gasteiger partial charge in [0.15, 0.2) is 0 Å². The van der Waals surface area contributed by atoms with Crippen LogP contribution >= 0.6 is 11.6 Å². The molecule has 0 aliphatic rings. The fourth-order valence-corrected chi connectivity index (χ4v) is 1.30. The predicted molar refractivity (Wildman–Crippen MR) is 48.7 cm³/mol. The SMILES string of the molecule is NC(=O)c1cnc2ccc(Cl)cn12. The van der Waals surface area contributed by atoms with Gasteiger partial charge in [0, 0.05) is 6.20 Å². The number of nitrogens with zero attached hydrogens (tertiary/aromatic N) is 2. The number of primary amides is 1. The number of nitrogens with two attached hydrogens (primary N) is 1. The zero-order chi connectivity index (χ0) is 9.42. The zero-order valence-corrected chi connectivity index (χ0v) is 7.32. The number of halogens is 1. The topological polar surface area (TPSA) is 60.4 Å². The molecule has 2 aromatic heterocycles. The third-order valence-corrected chi connectivity index (χ3v) is 1.95. The van der Waals surface area contributed by atoms with Crippen LogP contribution in [0.2, 0.25) is 5.02 Å². The van der Waals surface area contributed by atoms with Gasteiger partial charge in [0.1, 0.15) is 11.3 Å². The number of hydrogen-bond acceptors (Lipinski definition) is 2. The molecule has 2 N–H and O–H groups in total. The Morgan fingerprint density at radius 2 is 2.31 bits per heavy atom. The van der Waals surface area contributed by atoms with Crippen LogP contribution in [0.4, 0.5) is 0 Å². The minimum atomic E-state index is -0.519. The molecule has 0 bridgehead atoms. The molecule has 1 amide bonds. The van der Waals surface area contributed by atoms with Crippen LogP contribution in [0.3, 0.4) is 0 Å². The lowest BCUT2D eigenvalue weighted by molar-refractivity contribution is 0.0995. The van der Waals surface area contributed by atoms with E-state index in [4.69, 9.17) is 17.3 Å². The molecular formula is C8H6ClN3O. The molecule has 0 radical (unpaired) electrons. The maximum Gasteiger partial charge on any atom is 0.267 e. The highest BCUT2D eigenvalue weighted by Crippen LogP contribution is 2.12. The third kappa shape index (κ3) is 1.25. The highest BCUT2D eigenvalue weighted by molar-refractivity contribution is 6.30. The van der Waals surface area contributed by atoms with Gasteiger partial charge in [-0.15, -0.1) is 0 Å². The fourth-order valence-electron chi connectivity index (χ4n) is 1.14. The molecule has 4 nitrogen and oxygen atoms in total. The van der Waals surface area contributed by atoms with Gasteiger partial charge in [-0.05, 0) is 12.1 Å². The van der Waals surface area contributed by atoms with Crippen LogP contribution in [0.5, 0.6) is 0 Å². The monoisotopic (exact) mass is 195 g/mol. The molecule has 0 saturated heterocycles. The molecule has 0 aliphatic carbocycles. The summed E-state index contributed by atoms with van der Waals surface area (Å²) in [4.78, 5) is 14.9. The van der Waals surface area contributed by atoms with Gasteiger partial charge in [0.05, 0.1) is 11.2 Å². The summed E-state index contributed by atoms with van der Waals surface area (Å²) in [6, 6.07) is 3.42. The van der Waals surface area contributed by atoms with Gasteiger partial charge in [0.25, 0.3) is 5.91 Å². The van der Waals surface area contributed by atoms with Crippen molar-refractivity contribution in [3.63, 3.8) is 0 Å². The van der Waals surface area contributed by atoms with Crippen LogP contribution in [0, 0.1) is 0 Å². The van der Waals surface area contributed by atoms with Crippen LogP contribution < -0.4 is 5.73 Å². The first-order chi connectivity index (χ1) is 6.18. The minimum Gasteiger partial charge on any atom is -0.364 e. The van der Waals surface area contributed by atoms with Crippen molar-refractivity contribution in [2.45, 2.75) is 0 Å². The van der Waals surface area contributed by atoms with Crippen LogP contribution in [-0.2, 0) is 0 Å². The molecule has 0 saturated carbocycles. The normalized spacial score (nSPS) is 10.5. The van der Waals surface area contributed by atoms with E-state index >= 15 is 0 Å². The van der Waals surface area contributed by atoms with Crippen LogP contribution in [0.25, 0.3) is 5.65 Å². The Hall–Kier alpha value is -1.55. The second-order valence-electron chi connectivity index (χ2n) is 2.58. The van der Waals surface area contributed by atoms with Crippen molar-refractivity contribution >= 4 is 23.2 Å². The summed E-state index contributed by atoms with van der Waals surface area (Å²) in [5, 5.41) is 0.535. The van der Waals surface area contributed by atoms with Gasteiger partial charge < -0.3 is 5.73 Å². The first kappa shape index (κ1) is 8.07. The van der Waals surface area contributed by atoms with E-state index in [-0.39, 0.29) is 0 Å². The average molecular weight is 196 g/mol. The lowest BCUT2D eigenvalue weighted by Crippen LogP contribution is -2.13. The zero-order valence-electron chi connectivity index (χ0n) is 6.57. The smallest absolute Gasteiger partial charge is 0.267 e. The highest BCUT2D eigenvalue weighted by atomic mass is 35.5. The number of aromatic nitrogens is 2. The largest absolute Gasteiger partial charge is 0.364 e. The lowest BCUT2D eigenvalue weighted by Gasteiger charge is -1.96. The van der Waals surface area contributed by atoms with Crippen molar-refractivity contribution in [2.24, 2.45) is 5.73 Å². The Kier molecular flexibility index (Phi) is 1.70. The van der Waals surface area contributed by atoms with E-state index in [0.717, 1.165) is 0 Å². The highest BCUT2D eigenvalue weighted by Gasteiger charge is 2.07. The fraction of sp³-hybridized carbons (Fsp3) is 0. The number of carbonyl (C=O) groups is 1. The first-order valence-electron chi connectivity index (χ1n) is 3.61. The summed E-state index contributed by atoms with van der Waals surface area (Å²) in [6.45, 7) is 0. The van der Waals surface area contributed by atoms with E-state index in [1.807, 2.05) is 0 Å². The molecule has 66 valence electrons. The van der Waals surface area contributed by atoms with Crippen LogP contribution in [0.15, 0.2) is 24.5 Å². The van der Waals surface area contributed by atoms with Crippen molar-refractivity contribution in [3.8, 4) is 0 Å². The van der Waals surface area contributed by atoms with Crippen molar-refractivity contribution in [3.05, 3.63) is 35.2 Å². The van der Waals surface area contributed by atoms with Gasteiger partial charge in [-0.3, -0.25) is 9.20 Å². The molecule has 2 heterocycles. The summed E-state index contributed by atoms with van der Waals surface area (Å²) in [7, 11) is 0. The molecule has 0 aliphatic heterocycles. The third-order valence-electron chi connectivity index (χ3n) is 1.72. The van der Waals surface area contributed by atoms with E-state index < -0.39 is 5.91 Å². The predicted octanol–water partition coefficient (Wildman–Crippen LogP) is 1.09. The number of fused-ring (bicyclic) bond motifs is 1. The van der Waals surface area contributed by atoms with Crippen LogP contribution in [0.1, 0.15) is 10.5 Å². The van der Waals surface area contributed by atoms with E-state index in [9.17, 15) is 4.79 Å². The van der Waals surface area contributed by atoms with E-state index in [1.54, 1.807) is 22.7 Å². The number of amides is 1. The van der Waals surface area contributed by atoms with Gasteiger partial charge in [-0.2, -0.15) is 0 Å². The number of carbonyl (C=O) groups excluding carboxylic acids is 1. The van der Waals surface area contributed by atoms with Crippen molar-refractivity contribution in [2.75, 3.05) is 0 Å². The summed E-state index contributed by atoms with van der Waals surface area (Å²) in [5.41, 5.74) is 6.11. The Labute approximate surface area is 78.9 Å². The number of pyridine rings is 1. The summed E-state index contributed by atoms with van der Waals surface area (Å²) >= 11 is 5.75. The number of imidazole rings is 1. The summed E-state index contributed by atoms with van der Waals surface area (Å²) in [5.74, 6) is -0.519. The average Bonchev–Trinajstić information content (AvgIpc) is 2.46. The van der Waals surface area contributed by atoms with Gasteiger partial charge >= 0.3 is 0 Å². The van der Waals surface area contributed by atoms with Gasteiger partial charge in [-0.1, -0.05) is 11.6 Å². The maximum absolute atomic E-state index is 10.9. The van der Waals surface area contributed by atoms with Crippen LogP contribution in [-0.4, -0.2) is 15.3 Å². The lowest BCUT2D eigenvalue weighted by atomic mass is 10.4. The number of rotatable bonds is 1. The van der Waals surface area contributed by atoms with E-state index in [1.165, 1.54) is 6.20 Å². The van der Waals surface area contributed by atoms with E-state index in [0.29, 0.717) is 16.4 Å². The Bertz CT molecular complexity index is 477. The molecule has 0 fully saturated rings. The van der Waals surface area contributed by atoms with E-state index in [2.05, 4.69) is 4.98 Å². The molecule has 13 heavy (non-hydrogen) atoms. The molecule has 2 aromatic rings. The Morgan fingerprint density at radius 1 is 1.54 bits per heavy atom.